The Kier molecular flexibility index (Phi) is 5.50. The summed E-state index contributed by atoms with van der Waals surface area (Å²) in [6.07, 6.45) is 1.58. The topological polar surface area (TPSA) is 67.4 Å². The van der Waals surface area contributed by atoms with Gasteiger partial charge in [-0.1, -0.05) is 41.9 Å². The molecule has 0 unspecified atom stereocenters. The van der Waals surface area contributed by atoms with E-state index in [1.807, 2.05) is 0 Å². The maximum absolute atomic E-state index is 13.7. The van der Waals surface area contributed by atoms with Crippen LogP contribution < -0.4 is 15.4 Å². The minimum absolute atomic E-state index is 0.0535. The average molecular weight is 423 g/mol. The fourth-order valence-electron chi connectivity index (χ4n) is 2.97. The third-order valence-corrected chi connectivity index (χ3v) is 4.71. The zero-order valence-corrected chi connectivity index (χ0v) is 16.4. The summed E-state index contributed by atoms with van der Waals surface area (Å²) < 4.78 is 19.4. The maximum atomic E-state index is 13.7. The van der Waals surface area contributed by atoms with E-state index in [-0.39, 0.29) is 18.1 Å². The number of halogens is 2. The van der Waals surface area contributed by atoms with Crippen LogP contribution in [0.3, 0.4) is 0 Å². The first-order valence-corrected chi connectivity index (χ1v) is 9.49. The molecule has 0 atom stereocenters. The molecule has 0 radical (unpaired) electrons. The summed E-state index contributed by atoms with van der Waals surface area (Å²) in [4.78, 5) is 24.8. The Labute approximate surface area is 177 Å². The summed E-state index contributed by atoms with van der Waals surface area (Å²) in [7, 11) is 0. The molecule has 30 heavy (non-hydrogen) atoms. The number of carbonyl (C=O) groups excluding carboxylic acids is 2. The lowest BCUT2D eigenvalue weighted by Gasteiger charge is -2.20. The van der Waals surface area contributed by atoms with Crippen LogP contribution in [0.1, 0.15) is 21.5 Å². The van der Waals surface area contributed by atoms with Crippen molar-refractivity contribution in [3.05, 3.63) is 100 Å². The average Bonchev–Trinajstić information content (AvgIpc) is 2.73. The molecule has 0 aliphatic carbocycles. The van der Waals surface area contributed by atoms with Crippen LogP contribution in [0.5, 0.6) is 5.75 Å². The molecule has 0 saturated carbocycles. The van der Waals surface area contributed by atoms with Gasteiger partial charge < -0.3 is 15.4 Å². The number of hydrogen-bond acceptors (Lipinski definition) is 3. The van der Waals surface area contributed by atoms with Crippen molar-refractivity contribution in [3.8, 4) is 5.75 Å². The van der Waals surface area contributed by atoms with Crippen molar-refractivity contribution in [3.63, 3.8) is 0 Å². The Morgan fingerprint density at radius 1 is 1.10 bits per heavy atom. The number of anilines is 1. The molecular formula is C23H16ClFN2O3. The van der Waals surface area contributed by atoms with E-state index in [1.54, 1.807) is 60.7 Å². The second kappa shape index (κ2) is 8.39. The summed E-state index contributed by atoms with van der Waals surface area (Å²) in [5.74, 6) is -0.695. The number of hydrogen-bond donors (Lipinski definition) is 2. The largest absolute Gasteiger partial charge is 0.449 e. The highest BCUT2D eigenvalue weighted by atomic mass is 35.5. The summed E-state index contributed by atoms with van der Waals surface area (Å²) in [6, 6.07) is 17.9. The second-order valence-corrected chi connectivity index (χ2v) is 7.04. The van der Waals surface area contributed by atoms with Gasteiger partial charge in [0.1, 0.15) is 5.82 Å². The van der Waals surface area contributed by atoms with Gasteiger partial charge in [-0.15, -0.1) is 0 Å². The van der Waals surface area contributed by atoms with Crippen molar-refractivity contribution in [2.75, 3.05) is 5.32 Å². The van der Waals surface area contributed by atoms with E-state index in [0.29, 0.717) is 27.6 Å². The summed E-state index contributed by atoms with van der Waals surface area (Å²) >= 11 is 5.97. The molecule has 5 nitrogen and oxygen atoms in total. The predicted octanol–water partition coefficient (Wildman–Crippen LogP) is 4.78. The molecule has 2 N–H and O–H groups in total. The molecule has 0 bridgehead atoms. The van der Waals surface area contributed by atoms with E-state index >= 15 is 0 Å². The van der Waals surface area contributed by atoms with Gasteiger partial charge in [0.15, 0.2) is 11.5 Å². The first kappa shape index (κ1) is 19.7. The number of ether oxygens (including phenoxy) is 1. The van der Waals surface area contributed by atoms with Crippen LogP contribution >= 0.6 is 11.6 Å². The van der Waals surface area contributed by atoms with Crippen LogP contribution in [-0.4, -0.2) is 11.8 Å². The van der Waals surface area contributed by atoms with E-state index in [4.69, 9.17) is 16.3 Å². The van der Waals surface area contributed by atoms with Crippen LogP contribution in [0.2, 0.25) is 5.02 Å². The SMILES string of the molecule is O=C1Nc2cc(C(=O)NCc3ccccc3F)ccc2OC1=Cc1cccc(Cl)c1. The van der Waals surface area contributed by atoms with E-state index in [9.17, 15) is 14.0 Å². The molecule has 1 aliphatic heterocycles. The first-order valence-electron chi connectivity index (χ1n) is 9.12. The Hall–Kier alpha value is -3.64. The van der Waals surface area contributed by atoms with Gasteiger partial charge in [0.2, 0.25) is 0 Å². The van der Waals surface area contributed by atoms with E-state index < -0.39 is 11.8 Å². The number of fused-ring (bicyclic) bond motifs is 1. The van der Waals surface area contributed by atoms with Gasteiger partial charge in [0, 0.05) is 22.7 Å². The Balaban J connectivity index is 1.49. The second-order valence-electron chi connectivity index (χ2n) is 6.60. The minimum Gasteiger partial charge on any atom is -0.449 e. The van der Waals surface area contributed by atoms with E-state index in [2.05, 4.69) is 10.6 Å². The van der Waals surface area contributed by atoms with Crippen molar-refractivity contribution in [2.45, 2.75) is 6.54 Å². The fraction of sp³-hybridized carbons (Fsp3) is 0.0435. The molecule has 1 aliphatic rings. The maximum Gasteiger partial charge on any atom is 0.291 e. The highest BCUT2D eigenvalue weighted by molar-refractivity contribution is 6.30. The Morgan fingerprint density at radius 3 is 2.73 bits per heavy atom. The third kappa shape index (κ3) is 4.34. The molecule has 0 saturated heterocycles. The molecule has 2 amide bonds. The van der Waals surface area contributed by atoms with E-state index in [0.717, 1.165) is 5.56 Å². The van der Waals surface area contributed by atoms with Gasteiger partial charge in [-0.25, -0.2) is 4.39 Å². The van der Waals surface area contributed by atoms with Crippen molar-refractivity contribution in [2.24, 2.45) is 0 Å². The normalized spacial score (nSPS) is 13.9. The van der Waals surface area contributed by atoms with Gasteiger partial charge in [0.05, 0.1) is 5.69 Å². The number of nitrogens with one attached hydrogen (secondary N) is 2. The monoisotopic (exact) mass is 422 g/mol. The lowest BCUT2D eigenvalue weighted by atomic mass is 10.1. The molecule has 4 rings (SSSR count). The summed E-state index contributed by atoms with van der Waals surface area (Å²) in [5, 5.41) is 5.93. The van der Waals surface area contributed by atoms with E-state index in [1.165, 1.54) is 12.1 Å². The zero-order chi connectivity index (χ0) is 21.1. The smallest absolute Gasteiger partial charge is 0.291 e. The van der Waals surface area contributed by atoms with Crippen LogP contribution in [0.4, 0.5) is 10.1 Å². The number of benzene rings is 3. The lowest BCUT2D eigenvalue weighted by Crippen LogP contribution is -2.26. The van der Waals surface area contributed by atoms with Gasteiger partial charge >= 0.3 is 0 Å². The highest BCUT2D eigenvalue weighted by Gasteiger charge is 2.23. The van der Waals surface area contributed by atoms with Crippen molar-refractivity contribution >= 4 is 35.2 Å². The molecule has 0 spiro atoms. The van der Waals surface area contributed by atoms with Crippen molar-refractivity contribution in [1.82, 2.24) is 5.32 Å². The zero-order valence-electron chi connectivity index (χ0n) is 15.6. The Bertz CT molecular complexity index is 1180. The number of rotatable bonds is 4. The lowest BCUT2D eigenvalue weighted by molar-refractivity contribution is -0.115. The minimum atomic E-state index is -0.439. The summed E-state index contributed by atoms with van der Waals surface area (Å²) in [6.45, 7) is 0.0535. The quantitative estimate of drug-likeness (QED) is 0.594. The summed E-state index contributed by atoms with van der Waals surface area (Å²) in [5.41, 5.74) is 1.80. The highest BCUT2D eigenvalue weighted by Crippen LogP contribution is 2.32. The fourth-order valence-corrected chi connectivity index (χ4v) is 3.17. The molecule has 7 heteroatoms. The molecule has 1 heterocycles. The van der Waals surface area contributed by atoms with Crippen LogP contribution in [0.15, 0.2) is 72.5 Å². The van der Waals surface area contributed by atoms with Crippen LogP contribution in [0, 0.1) is 5.82 Å². The molecule has 0 aromatic heterocycles. The predicted molar refractivity (Wildman–Crippen MR) is 113 cm³/mol. The first-order chi connectivity index (χ1) is 14.5. The van der Waals surface area contributed by atoms with Crippen molar-refractivity contribution < 1.29 is 18.7 Å². The Morgan fingerprint density at radius 2 is 1.93 bits per heavy atom. The van der Waals surface area contributed by atoms with Crippen molar-refractivity contribution in [1.29, 1.82) is 0 Å². The van der Waals surface area contributed by atoms with Crippen LogP contribution in [-0.2, 0) is 11.3 Å². The molecule has 150 valence electrons. The molecular weight excluding hydrogens is 407 g/mol. The van der Waals surface area contributed by atoms with Crippen LogP contribution in [0.25, 0.3) is 6.08 Å². The molecule has 0 fully saturated rings. The molecule has 3 aromatic rings. The molecule has 3 aromatic carbocycles. The van der Waals surface area contributed by atoms with Gasteiger partial charge in [-0.2, -0.15) is 0 Å². The standard InChI is InChI=1S/C23H16ClFN2O3/c24-17-6-3-4-14(10-17)11-21-23(29)27-19-12-15(8-9-20(19)30-21)22(28)26-13-16-5-1-2-7-18(16)25/h1-12H,13H2,(H,26,28)(H,27,29). The number of carbonyl (C=O) groups is 2. The third-order valence-electron chi connectivity index (χ3n) is 4.48. The van der Waals surface area contributed by atoms with Gasteiger partial charge in [-0.05, 0) is 48.0 Å². The number of amides is 2. The van der Waals surface area contributed by atoms with Gasteiger partial charge in [0.25, 0.3) is 11.8 Å². The van der Waals surface area contributed by atoms with Gasteiger partial charge in [-0.3, -0.25) is 9.59 Å².